The Bertz CT molecular complexity index is 752. The number of hydrogen-bond acceptors (Lipinski definition) is 5. The van der Waals surface area contributed by atoms with Gasteiger partial charge in [0.15, 0.2) is 0 Å². The van der Waals surface area contributed by atoms with Gasteiger partial charge in [-0.15, -0.1) is 0 Å². The summed E-state index contributed by atoms with van der Waals surface area (Å²) in [6.45, 7) is 4.58. The van der Waals surface area contributed by atoms with Crippen LogP contribution in [0.2, 0.25) is 0 Å². The standard InChI is InChI=1S/C20H27N3O3/c1-14-17(15(2)26-21-14)12-19(25)23-11-10-20(22(3)4,18(24)13-23)16-8-6-5-7-9-16/h5-9,18,24H,10-13H2,1-4H3/t18-,20+/m1/s1. The number of likely N-dealkylation sites (tertiary alicyclic amines) is 1. The lowest BCUT2D eigenvalue weighted by Crippen LogP contribution is -2.61. The zero-order valence-corrected chi connectivity index (χ0v) is 15.9. The number of nitrogens with zero attached hydrogens (tertiary/aromatic N) is 3. The number of aliphatic hydroxyl groups excluding tert-OH is 1. The van der Waals surface area contributed by atoms with Gasteiger partial charge in [0.05, 0.1) is 23.8 Å². The maximum atomic E-state index is 12.8. The number of aromatic nitrogens is 1. The highest BCUT2D eigenvalue weighted by atomic mass is 16.5. The minimum absolute atomic E-state index is 0.00105. The number of likely N-dealkylation sites (N-methyl/N-ethyl adjacent to an activating group) is 1. The van der Waals surface area contributed by atoms with Gasteiger partial charge < -0.3 is 14.5 Å². The van der Waals surface area contributed by atoms with Gasteiger partial charge in [-0.3, -0.25) is 9.69 Å². The number of aryl methyl sites for hydroxylation is 2. The molecule has 0 spiro atoms. The Morgan fingerprint density at radius 1 is 1.35 bits per heavy atom. The Morgan fingerprint density at radius 3 is 2.58 bits per heavy atom. The van der Waals surface area contributed by atoms with E-state index in [1.807, 2.05) is 58.3 Å². The Labute approximate surface area is 154 Å². The highest BCUT2D eigenvalue weighted by molar-refractivity contribution is 5.79. The molecule has 0 bridgehead atoms. The second-order valence-electron chi connectivity index (χ2n) is 7.27. The van der Waals surface area contributed by atoms with Gasteiger partial charge in [0.25, 0.3) is 0 Å². The van der Waals surface area contributed by atoms with Crippen molar-refractivity contribution < 1.29 is 14.4 Å². The number of carbonyl (C=O) groups excluding carboxylic acids is 1. The number of aliphatic hydroxyl groups is 1. The fraction of sp³-hybridized carbons (Fsp3) is 0.500. The van der Waals surface area contributed by atoms with Crippen molar-refractivity contribution in [3.05, 3.63) is 52.9 Å². The molecule has 2 heterocycles. The van der Waals surface area contributed by atoms with E-state index in [1.165, 1.54) is 0 Å². The number of carbonyl (C=O) groups is 1. The SMILES string of the molecule is Cc1noc(C)c1CC(=O)N1CC[C@@](c2ccccc2)(N(C)C)[C@H](O)C1. The maximum absolute atomic E-state index is 12.8. The average molecular weight is 357 g/mol. The molecule has 0 unspecified atom stereocenters. The van der Waals surface area contributed by atoms with Crippen LogP contribution in [0, 0.1) is 13.8 Å². The summed E-state index contributed by atoms with van der Waals surface area (Å²) in [7, 11) is 3.97. The largest absolute Gasteiger partial charge is 0.389 e. The van der Waals surface area contributed by atoms with Crippen molar-refractivity contribution in [1.82, 2.24) is 15.0 Å². The van der Waals surface area contributed by atoms with E-state index in [2.05, 4.69) is 10.1 Å². The van der Waals surface area contributed by atoms with E-state index >= 15 is 0 Å². The molecule has 1 fully saturated rings. The molecule has 1 amide bonds. The first-order chi connectivity index (χ1) is 12.4. The Balaban J connectivity index is 1.78. The molecule has 0 saturated carbocycles. The number of rotatable bonds is 4. The number of amides is 1. The summed E-state index contributed by atoms with van der Waals surface area (Å²) in [4.78, 5) is 16.6. The molecule has 1 N–H and O–H groups in total. The molecule has 6 heteroatoms. The van der Waals surface area contributed by atoms with Gasteiger partial charge in [0.2, 0.25) is 5.91 Å². The minimum atomic E-state index is -0.665. The van der Waals surface area contributed by atoms with E-state index in [-0.39, 0.29) is 12.3 Å². The average Bonchev–Trinajstić information content (AvgIpc) is 2.94. The third kappa shape index (κ3) is 3.15. The van der Waals surface area contributed by atoms with Crippen LogP contribution in [0.15, 0.2) is 34.9 Å². The van der Waals surface area contributed by atoms with Crippen molar-refractivity contribution in [2.24, 2.45) is 0 Å². The van der Waals surface area contributed by atoms with Crippen molar-refractivity contribution in [2.45, 2.75) is 38.3 Å². The van der Waals surface area contributed by atoms with Crippen LogP contribution in [-0.4, -0.2) is 59.3 Å². The minimum Gasteiger partial charge on any atom is -0.389 e. The Morgan fingerprint density at radius 2 is 2.04 bits per heavy atom. The van der Waals surface area contributed by atoms with Crippen molar-refractivity contribution in [3.8, 4) is 0 Å². The number of benzene rings is 1. The molecule has 0 radical (unpaired) electrons. The molecule has 1 saturated heterocycles. The Hall–Kier alpha value is -2.18. The lowest BCUT2D eigenvalue weighted by Gasteiger charge is -2.49. The van der Waals surface area contributed by atoms with Crippen LogP contribution in [0.3, 0.4) is 0 Å². The van der Waals surface area contributed by atoms with E-state index in [9.17, 15) is 9.90 Å². The first-order valence-corrected chi connectivity index (χ1v) is 8.96. The van der Waals surface area contributed by atoms with Crippen LogP contribution < -0.4 is 0 Å². The summed E-state index contributed by atoms with van der Waals surface area (Å²) in [6.07, 6.45) is 0.273. The Kier molecular flexibility index (Phi) is 5.16. The predicted octanol–water partition coefficient (Wildman–Crippen LogP) is 1.88. The van der Waals surface area contributed by atoms with Crippen LogP contribution in [-0.2, 0) is 16.8 Å². The van der Waals surface area contributed by atoms with E-state index in [0.29, 0.717) is 25.3 Å². The normalized spacial score (nSPS) is 23.5. The van der Waals surface area contributed by atoms with Gasteiger partial charge in [0.1, 0.15) is 5.76 Å². The molecule has 6 nitrogen and oxygen atoms in total. The predicted molar refractivity (Wildman–Crippen MR) is 98.7 cm³/mol. The van der Waals surface area contributed by atoms with Crippen LogP contribution in [0.25, 0.3) is 0 Å². The van der Waals surface area contributed by atoms with Crippen molar-refractivity contribution in [2.75, 3.05) is 27.2 Å². The van der Waals surface area contributed by atoms with E-state index in [4.69, 9.17) is 4.52 Å². The lowest BCUT2D eigenvalue weighted by atomic mass is 9.77. The molecule has 0 aliphatic carbocycles. The van der Waals surface area contributed by atoms with Gasteiger partial charge in [-0.05, 0) is 39.9 Å². The summed E-state index contributed by atoms with van der Waals surface area (Å²) < 4.78 is 5.15. The lowest BCUT2D eigenvalue weighted by molar-refractivity contribution is -0.140. The summed E-state index contributed by atoms with van der Waals surface area (Å²) in [5, 5.41) is 14.9. The number of hydrogen-bond donors (Lipinski definition) is 1. The smallest absolute Gasteiger partial charge is 0.227 e. The monoisotopic (exact) mass is 357 g/mol. The van der Waals surface area contributed by atoms with Crippen molar-refractivity contribution in [3.63, 3.8) is 0 Å². The van der Waals surface area contributed by atoms with Gasteiger partial charge in [0, 0.05) is 18.7 Å². The van der Waals surface area contributed by atoms with Gasteiger partial charge in [-0.1, -0.05) is 35.5 Å². The summed E-state index contributed by atoms with van der Waals surface area (Å²) >= 11 is 0. The highest BCUT2D eigenvalue weighted by Crippen LogP contribution is 2.37. The third-order valence-corrected chi connectivity index (χ3v) is 5.64. The molecule has 1 aliphatic heterocycles. The van der Waals surface area contributed by atoms with Gasteiger partial charge >= 0.3 is 0 Å². The van der Waals surface area contributed by atoms with E-state index in [1.54, 1.807) is 4.90 Å². The van der Waals surface area contributed by atoms with Gasteiger partial charge in [-0.25, -0.2) is 0 Å². The molecular formula is C20H27N3O3. The van der Waals surface area contributed by atoms with Crippen LogP contribution in [0.5, 0.6) is 0 Å². The van der Waals surface area contributed by atoms with Crippen molar-refractivity contribution >= 4 is 5.91 Å². The quantitative estimate of drug-likeness (QED) is 0.905. The highest BCUT2D eigenvalue weighted by Gasteiger charge is 2.46. The van der Waals surface area contributed by atoms with Crippen LogP contribution in [0.4, 0.5) is 0 Å². The van der Waals surface area contributed by atoms with Crippen molar-refractivity contribution in [1.29, 1.82) is 0 Å². The van der Waals surface area contributed by atoms with E-state index in [0.717, 1.165) is 16.8 Å². The second-order valence-corrected chi connectivity index (χ2v) is 7.27. The topological polar surface area (TPSA) is 69.8 Å². The molecule has 2 atom stereocenters. The zero-order chi connectivity index (χ0) is 18.9. The molecule has 1 aromatic carbocycles. The number of piperidine rings is 1. The maximum Gasteiger partial charge on any atom is 0.227 e. The first-order valence-electron chi connectivity index (χ1n) is 8.96. The molecule has 1 aliphatic rings. The molecular weight excluding hydrogens is 330 g/mol. The molecule has 26 heavy (non-hydrogen) atoms. The van der Waals surface area contributed by atoms with Gasteiger partial charge in [-0.2, -0.15) is 0 Å². The number of β-amino-alcohol motifs (C(OH)–C–C–N with tert-alkyl or cyclic N) is 1. The zero-order valence-electron chi connectivity index (χ0n) is 15.9. The summed E-state index contributed by atoms with van der Waals surface area (Å²) in [5.41, 5.74) is 2.19. The summed E-state index contributed by atoms with van der Waals surface area (Å²) in [6, 6.07) is 10.0. The fourth-order valence-corrected chi connectivity index (χ4v) is 4.01. The molecule has 140 valence electrons. The molecule has 1 aromatic heterocycles. The fourth-order valence-electron chi connectivity index (χ4n) is 4.01. The van der Waals surface area contributed by atoms with Crippen LogP contribution in [0.1, 0.15) is 29.0 Å². The summed E-state index contributed by atoms with van der Waals surface area (Å²) in [5.74, 6) is 0.680. The van der Waals surface area contributed by atoms with Crippen LogP contribution >= 0.6 is 0 Å². The third-order valence-electron chi connectivity index (χ3n) is 5.64. The molecule has 3 rings (SSSR count). The second kappa shape index (κ2) is 7.21. The first kappa shape index (κ1) is 18.6. The molecule has 2 aromatic rings. The van der Waals surface area contributed by atoms with E-state index < -0.39 is 11.6 Å².